The van der Waals surface area contributed by atoms with Crippen LogP contribution in [0.1, 0.15) is 42.6 Å². The van der Waals surface area contributed by atoms with E-state index in [0.29, 0.717) is 12.1 Å². The zero-order chi connectivity index (χ0) is 13.8. The summed E-state index contributed by atoms with van der Waals surface area (Å²) in [5.74, 6) is 0. The molecule has 0 saturated heterocycles. The van der Waals surface area contributed by atoms with Crippen molar-refractivity contribution >= 4 is 11.6 Å². The SMILES string of the molecule is Cc1cccc(C(C)NC(C)c2ccc(Cl)cc2)c1. The Hall–Kier alpha value is -1.31. The maximum Gasteiger partial charge on any atom is 0.0406 e. The first-order valence-electron chi connectivity index (χ1n) is 6.64. The lowest BCUT2D eigenvalue weighted by Crippen LogP contribution is -2.22. The largest absolute Gasteiger partial charge is 0.304 e. The highest BCUT2D eigenvalue weighted by Gasteiger charge is 2.11. The number of rotatable bonds is 4. The molecule has 1 nitrogen and oxygen atoms in total. The third kappa shape index (κ3) is 3.82. The Morgan fingerprint density at radius 3 is 2.16 bits per heavy atom. The van der Waals surface area contributed by atoms with Crippen LogP contribution in [-0.4, -0.2) is 0 Å². The lowest BCUT2D eigenvalue weighted by molar-refractivity contribution is 0.494. The third-order valence-electron chi connectivity index (χ3n) is 3.41. The van der Waals surface area contributed by atoms with Crippen LogP contribution in [0, 0.1) is 6.92 Å². The van der Waals surface area contributed by atoms with Crippen LogP contribution in [0.5, 0.6) is 0 Å². The fraction of sp³-hybridized carbons (Fsp3) is 0.294. The summed E-state index contributed by atoms with van der Waals surface area (Å²) < 4.78 is 0. The van der Waals surface area contributed by atoms with Crippen molar-refractivity contribution in [3.63, 3.8) is 0 Å². The zero-order valence-electron chi connectivity index (χ0n) is 11.7. The molecule has 0 bridgehead atoms. The monoisotopic (exact) mass is 273 g/mol. The van der Waals surface area contributed by atoms with Gasteiger partial charge in [-0.2, -0.15) is 0 Å². The van der Waals surface area contributed by atoms with Crippen LogP contribution in [0.25, 0.3) is 0 Å². The molecular weight excluding hydrogens is 254 g/mol. The quantitative estimate of drug-likeness (QED) is 0.821. The van der Waals surface area contributed by atoms with E-state index in [4.69, 9.17) is 11.6 Å². The zero-order valence-corrected chi connectivity index (χ0v) is 12.4. The van der Waals surface area contributed by atoms with Crippen molar-refractivity contribution in [2.45, 2.75) is 32.9 Å². The van der Waals surface area contributed by atoms with E-state index >= 15 is 0 Å². The van der Waals surface area contributed by atoms with Gasteiger partial charge in [-0.3, -0.25) is 0 Å². The minimum atomic E-state index is 0.299. The number of aryl methyl sites for hydroxylation is 1. The molecule has 0 radical (unpaired) electrons. The number of hydrogen-bond donors (Lipinski definition) is 1. The Labute approximate surface area is 120 Å². The highest BCUT2D eigenvalue weighted by molar-refractivity contribution is 6.30. The second-order valence-electron chi connectivity index (χ2n) is 5.08. The van der Waals surface area contributed by atoms with Gasteiger partial charge in [-0.15, -0.1) is 0 Å². The molecule has 0 spiro atoms. The minimum Gasteiger partial charge on any atom is -0.304 e. The first-order chi connectivity index (χ1) is 9.06. The van der Waals surface area contributed by atoms with Crippen LogP contribution < -0.4 is 5.32 Å². The molecule has 0 aromatic heterocycles. The van der Waals surface area contributed by atoms with E-state index in [9.17, 15) is 0 Å². The molecule has 0 aliphatic carbocycles. The summed E-state index contributed by atoms with van der Waals surface area (Å²) >= 11 is 5.91. The number of halogens is 1. The highest BCUT2D eigenvalue weighted by atomic mass is 35.5. The van der Waals surface area contributed by atoms with E-state index in [1.54, 1.807) is 0 Å². The normalized spacial score (nSPS) is 14.1. The molecule has 2 aromatic carbocycles. The molecular formula is C17H20ClN. The number of hydrogen-bond acceptors (Lipinski definition) is 1. The van der Waals surface area contributed by atoms with Crippen LogP contribution in [0.3, 0.4) is 0 Å². The van der Waals surface area contributed by atoms with Crippen molar-refractivity contribution in [1.82, 2.24) is 5.32 Å². The van der Waals surface area contributed by atoms with E-state index in [-0.39, 0.29) is 0 Å². The van der Waals surface area contributed by atoms with Gasteiger partial charge < -0.3 is 5.32 Å². The van der Waals surface area contributed by atoms with Crippen molar-refractivity contribution in [2.24, 2.45) is 0 Å². The first-order valence-corrected chi connectivity index (χ1v) is 7.02. The summed E-state index contributed by atoms with van der Waals surface area (Å²) in [5, 5.41) is 4.40. The van der Waals surface area contributed by atoms with Gasteiger partial charge in [0.1, 0.15) is 0 Å². The second-order valence-corrected chi connectivity index (χ2v) is 5.51. The van der Waals surface area contributed by atoms with Crippen molar-refractivity contribution in [2.75, 3.05) is 0 Å². The molecule has 0 amide bonds. The lowest BCUT2D eigenvalue weighted by Gasteiger charge is -2.21. The Balaban J connectivity index is 2.06. The summed E-state index contributed by atoms with van der Waals surface area (Å²) in [6.45, 7) is 6.50. The van der Waals surface area contributed by atoms with Crippen molar-refractivity contribution in [3.05, 3.63) is 70.2 Å². The number of nitrogens with one attached hydrogen (secondary N) is 1. The van der Waals surface area contributed by atoms with Gasteiger partial charge in [0, 0.05) is 17.1 Å². The van der Waals surface area contributed by atoms with Crippen LogP contribution in [0.4, 0.5) is 0 Å². The standard InChI is InChI=1S/C17H20ClN/c1-12-5-4-6-16(11-12)14(3)19-13(2)15-7-9-17(18)10-8-15/h4-11,13-14,19H,1-3H3. The average Bonchev–Trinajstić information content (AvgIpc) is 2.39. The van der Waals surface area contributed by atoms with E-state index < -0.39 is 0 Å². The molecule has 1 N–H and O–H groups in total. The van der Waals surface area contributed by atoms with Crippen molar-refractivity contribution in [3.8, 4) is 0 Å². The molecule has 0 saturated carbocycles. The Kier molecular flexibility index (Phi) is 4.62. The van der Waals surface area contributed by atoms with E-state index in [2.05, 4.69) is 62.5 Å². The average molecular weight is 274 g/mol. The molecule has 2 unspecified atom stereocenters. The molecule has 0 aliphatic rings. The second kappa shape index (κ2) is 6.23. The lowest BCUT2D eigenvalue weighted by atomic mass is 10.0. The first kappa shape index (κ1) is 14.1. The van der Waals surface area contributed by atoms with E-state index in [1.807, 2.05) is 12.1 Å². The molecule has 0 fully saturated rings. The smallest absolute Gasteiger partial charge is 0.0406 e. The predicted molar refractivity (Wildman–Crippen MR) is 82.6 cm³/mol. The molecule has 0 heterocycles. The van der Waals surface area contributed by atoms with E-state index in [0.717, 1.165) is 5.02 Å². The fourth-order valence-corrected chi connectivity index (χ4v) is 2.38. The molecule has 2 atom stereocenters. The summed E-state index contributed by atoms with van der Waals surface area (Å²) in [4.78, 5) is 0. The summed E-state index contributed by atoms with van der Waals surface area (Å²) in [7, 11) is 0. The molecule has 2 aromatic rings. The summed E-state index contributed by atoms with van der Waals surface area (Å²) in [6, 6.07) is 17.3. The minimum absolute atomic E-state index is 0.299. The van der Waals surface area contributed by atoms with Gasteiger partial charge in [-0.1, -0.05) is 53.6 Å². The molecule has 0 aliphatic heterocycles. The van der Waals surface area contributed by atoms with Crippen molar-refractivity contribution < 1.29 is 0 Å². The number of benzene rings is 2. The third-order valence-corrected chi connectivity index (χ3v) is 3.66. The Bertz CT molecular complexity index is 533. The van der Waals surface area contributed by atoms with Gasteiger partial charge in [0.15, 0.2) is 0 Å². The molecule has 100 valence electrons. The summed E-state index contributed by atoms with van der Waals surface area (Å²) in [6.07, 6.45) is 0. The van der Waals surface area contributed by atoms with Gasteiger partial charge in [0.25, 0.3) is 0 Å². The predicted octanol–water partition coefficient (Wildman–Crippen LogP) is 5.06. The Morgan fingerprint density at radius 2 is 1.53 bits per heavy atom. The van der Waals surface area contributed by atoms with Gasteiger partial charge in [0.2, 0.25) is 0 Å². The molecule has 2 rings (SSSR count). The summed E-state index contributed by atoms with van der Waals surface area (Å²) in [5.41, 5.74) is 3.87. The van der Waals surface area contributed by atoms with Gasteiger partial charge in [0.05, 0.1) is 0 Å². The topological polar surface area (TPSA) is 12.0 Å². The maximum absolute atomic E-state index is 5.91. The van der Waals surface area contributed by atoms with Crippen LogP contribution in [0.15, 0.2) is 48.5 Å². The van der Waals surface area contributed by atoms with E-state index in [1.165, 1.54) is 16.7 Å². The highest BCUT2D eigenvalue weighted by Crippen LogP contribution is 2.21. The van der Waals surface area contributed by atoms with Crippen LogP contribution >= 0.6 is 11.6 Å². The Morgan fingerprint density at radius 1 is 0.895 bits per heavy atom. The van der Waals surface area contributed by atoms with Crippen molar-refractivity contribution in [1.29, 1.82) is 0 Å². The van der Waals surface area contributed by atoms with Crippen LogP contribution in [-0.2, 0) is 0 Å². The maximum atomic E-state index is 5.91. The fourth-order valence-electron chi connectivity index (χ4n) is 2.26. The van der Waals surface area contributed by atoms with Gasteiger partial charge in [-0.25, -0.2) is 0 Å². The van der Waals surface area contributed by atoms with Gasteiger partial charge in [-0.05, 0) is 44.0 Å². The van der Waals surface area contributed by atoms with Gasteiger partial charge >= 0.3 is 0 Å². The molecule has 2 heteroatoms. The molecule has 19 heavy (non-hydrogen) atoms. The van der Waals surface area contributed by atoms with Crippen LogP contribution in [0.2, 0.25) is 5.02 Å².